The zero-order chi connectivity index (χ0) is 46.4. The van der Waals surface area contributed by atoms with E-state index in [1.54, 1.807) is 0 Å². The van der Waals surface area contributed by atoms with Gasteiger partial charge in [0.2, 0.25) is 0 Å². The second kappa shape index (κ2) is 24.1. The molecule has 2 N–H and O–H groups in total. The van der Waals surface area contributed by atoms with Gasteiger partial charge in [0.1, 0.15) is 6.61 Å². The van der Waals surface area contributed by atoms with Gasteiger partial charge in [-0.1, -0.05) is 116 Å². The van der Waals surface area contributed by atoms with Crippen molar-refractivity contribution < 1.29 is 29.6 Å². The zero-order valence-electron chi connectivity index (χ0n) is 41.8. The molecule has 8 bridgehead atoms. The molecule has 0 spiro atoms. The predicted molar refractivity (Wildman–Crippen MR) is 269 cm³/mol. The minimum Gasteiger partial charge on any atom is -0.874 e. The van der Waals surface area contributed by atoms with Crippen LogP contribution >= 0.6 is 0 Å². The molecule has 1 aliphatic carbocycles. The summed E-state index contributed by atoms with van der Waals surface area (Å²) in [6.45, 7) is 26.0. The van der Waals surface area contributed by atoms with Crippen LogP contribution in [0.5, 0.6) is 0 Å². The molecule has 0 radical (unpaired) electrons. The van der Waals surface area contributed by atoms with Gasteiger partial charge in [-0.15, -0.1) is 16.8 Å². The Morgan fingerprint density at radius 3 is 2.17 bits per heavy atom. The van der Waals surface area contributed by atoms with Gasteiger partial charge in [0.15, 0.2) is 0 Å². The number of carbonyl (C=O) groups is 2. The maximum Gasteiger partial charge on any atom is 2.00 e. The van der Waals surface area contributed by atoms with E-state index < -0.39 is 11.9 Å². The average molecular weight is 912 g/mol. The Labute approximate surface area is 410 Å². The molecule has 10 nitrogen and oxygen atoms in total. The molecule has 0 unspecified atom stereocenters. The Balaban J connectivity index is 0.00000476. The van der Waals surface area contributed by atoms with Gasteiger partial charge in [-0.25, -0.2) is 9.98 Å². The van der Waals surface area contributed by atoms with Crippen LogP contribution in [-0.4, -0.2) is 71.3 Å². The van der Waals surface area contributed by atoms with Gasteiger partial charge in [-0.3, -0.25) is 14.6 Å². The molecule has 0 saturated heterocycles. The van der Waals surface area contributed by atoms with Crippen molar-refractivity contribution in [2.75, 3.05) is 13.7 Å². The number of nitrogens with zero attached hydrogens (tertiary/aromatic N) is 4. The summed E-state index contributed by atoms with van der Waals surface area (Å²) >= 11 is 0. The number of ether oxygens (including phenoxy) is 2. The predicted octanol–water partition coefficient (Wildman–Crippen LogP) is 8.84. The molecule has 0 saturated carbocycles. The smallest absolute Gasteiger partial charge is 0.874 e. The first kappa shape index (κ1) is 54.3. The molecule has 5 heterocycles. The van der Waals surface area contributed by atoms with Gasteiger partial charge in [-0.05, 0) is 117 Å². The molecule has 1 aromatic rings. The topological polar surface area (TPSA) is 158 Å². The number of methoxy groups -OCH3 is 1. The molecule has 1 aromatic heterocycles. The van der Waals surface area contributed by atoms with Gasteiger partial charge in [0, 0.05) is 35.2 Å². The van der Waals surface area contributed by atoms with Gasteiger partial charge in [-0.2, -0.15) is 0 Å². The average Bonchev–Trinajstić information content (AvgIpc) is 3.99. The van der Waals surface area contributed by atoms with Crippen molar-refractivity contribution in [3.8, 4) is 0 Å². The van der Waals surface area contributed by atoms with Crippen LogP contribution in [0.4, 0.5) is 0 Å². The zero-order valence-corrected chi connectivity index (χ0v) is 43.2. The Kier molecular flexibility index (Phi) is 19.8. The van der Waals surface area contributed by atoms with E-state index in [-0.39, 0.29) is 65.1 Å². The Morgan fingerprint density at radius 1 is 0.894 bits per heavy atom. The summed E-state index contributed by atoms with van der Waals surface area (Å²) < 4.78 is 11.0. The van der Waals surface area contributed by atoms with Crippen molar-refractivity contribution in [2.24, 2.45) is 50.5 Å². The second-order valence-corrected chi connectivity index (χ2v) is 19.4. The normalized spacial score (nSPS) is 20.8. The fraction of sp³-hybridized carbons (Fsp3) is 0.545. The minimum atomic E-state index is -1.22. The largest absolute Gasteiger partial charge is 2.00 e. The molecule has 0 amide bonds. The molecule has 5 atom stereocenters. The molecule has 0 fully saturated rings. The number of carbonyl (C=O) groups excluding carboxylic acids is 2. The van der Waals surface area contributed by atoms with Gasteiger partial charge < -0.3 is 25.0 Å². The van der Waals surface area contributed by atoms with E-state index in [2.05, 4.69) is 62.0 Å². The van der Waals surface area contributed by atoms with Crippen molar-refractivity contribution in [1.29, 1.82) is 0 Å². The van der Waals surface area contributed by atoms with E-state index in [1.807, 2.05) is 44.2 Å². The quantitative estimate of drug-likeness (QED) is 0.0723. The van der Waals surface area contributed by atoms with Crippen molar-refractivity contribution in [3.05, 3.63) is 97.7 Å². The molecule has 66 heavy (non-hydrogen) atoms. The molecule has 0 aromatic carbocycles. The van der Waals surface area contributed by atoms with Crippen LogP contribution in [-0.2, 0) is 19.1 Å². The fourth-order valence-electron chi connectivity index (χ4n) is 10.1. The third kappa shape index (κ3) is 12.0. The van der Waals surface area contributed by atoms with E-state index in [0.29, 0.717) is 45.4 Å². The maximum atomic E-state index is 14.4. The Morgan fingerprint density at radius 2 is 1.53 bits per heavy atom. The molecule has 4 aliphatic heterocycles. The van der Waals surface area contributed by atoms with Crippen LogP contribution in [0.1, 0.15) is 151 Å². The van der Waals surface area contributed by atoms with Crippen LogP contribution in [0, 0.1) is 42.4 Å². The second-order valence-electron chi connectivity index (χ2n) is 19.4. The van der Waals surface area contributed by atoms with Crippen molar-refractivity contribution in [2.45, 2.75) is 146 Å². The first-order valence-corrected chi connectivity index (χ1v) is 24.0. The van der Waals surface area contributed by atoms with Crippen molar-refractivity contribution in [3.63, 3.8) is 0 Å². The minimum absolute atomic E-state index is 0. The number of allylic oxidation sites excluding steroid dienone is 8. The standard InChI is InChI=1S/C55H73N4O5.Mg.H2O/c1-13-39-35(8)42-28-44-37(10)41(24-25-48(60)64-27-26-34(7)23-17-22-33(6)21-16-20-32(5)19-15-18-31(3)4)52(58-44)50-51(55(62)63-12)54(61)49-38(11)45(59-53(49)50)30-47-40(14-2)36(9)43(57-47)29-46(39)56-42;;/h13,26,28-33,37,41,51H,1,14-25,27H2,2-12H3,(H-,56,57,58,59,61);;1H2/q-1;+2;/p-1/b34-26+;;/t32-,33-,37+,41+,51-;;/m1../s1. The van der Waals surface area contributed by atoms with E-state index >= 15 is 0 Å². The number of aromatic nitrogens is 1. The summed E-state index contributed by atoms with van der Waals surface area (Å²) in [5.74, 6) is -0.711. The maximum absolute atomic E-state index is 14.4. The van der Waals surface area contributed by atoms with Gasteiger partial charge in [0.25, 0.3) is 0 Å². The number of rotatable bonds is 20. The molecule has 11 heteroatoms. The number of fused-ring (bicyclic) bond motifs is 5. The number of hydrogen-bond acceptors (Lipinski definition) is 8. The van der Waals surface area contributed by atoms with Crippen LogP contribution in [0.3, 0.4) is 0 Å². The molecule has 6 rings (SSSR count). The summed E-state index contributed by atoms with van der Waals surface area (Å²) in [5, 5.41) is 15.2. The van der Waals surface area contributed by atoms with Crippen molar-refractivity contribution in [1.82, 2.24) is 4.98 Å². The molecule has 352 valence electrons. The van der Waals surface area contributed by atoms with E-state index in [9.17, 15) is 14.7 Å². The third-order valence-corrected chi connectivity index (χ3v) is 14.2. The summed E-state index contributed by atoms with van der Waals surface area (Å²) in [5.41, 5.74) is 11.4. The third-order valence-electron chi connectivity index (χ3n) is 14.2. The fourth-order valence-corrected chi connectivity index (χ4v) is 10.1. The van der Waals surface area contributed by atoms with E-state index in [0.717, 1.165) is 81.9 Å². The Hall–Kier alpha value is -4.32. The van der Waals surface area contributed by atoms with Crippen LogP contribution < -0.4 is 20.7 Å². The number of aliphatic imine (C=N–C) groups is 3. The monoisotopic (exact) mass is 911 g/mol. The molecular formula is C55H74MgN4O6. The Bertz CT molecular complexity index is 2450. The van der Waals surface area contributed by atoms with E-state index in [1.165, 1.54) is 57.6 Å². The van der Waals surface area contributed by atoms with E-state index in [4.69, 9.17) is 29.4 Å². The van der Waals surface area contributed by atoms with Crippen LogP contribution in [0.25, 0.3) is 17.4 Å². The van der Waals surface area contributed by atoms with Crippen LogP contribution in [0.15, 0.2) is 90.8 Å². The molecule has 5 aliphatic rings. The SMILES string of the molecule is C=CC1=C(C)C2=NC1=CC1=NC(=Cc3[n-]c4c(c3C)=C([O-])[C@H](C(=O)OC)C=4C3=NC(=C2)[C@@H](C)[C@@H]3CCC(=O)OC/C=C(\C)CCC[C@H](C)CCC[C@H](C)CCCC(C)C)C(CC)=C1C.O.[Mg+2]. The summed E-state index contributed by atoms with van der Waals surface area (Å²) in [7, 11) is 1.30. The first-order chi connectivity index (χ1) is 30.6. The van der Waals surface area contributed by atoms with Crippen molar-refractivity contribution >= 4 is 69.5 Å². The summed E-state index contributed by atoms with van der Waals surface area (Å²) in [4.78, 5) is 47.5. The summed E-state index contributed by atoms with van der Waals surface area (Å²) in [6.07, 6.45) is 22.4. The summed E-state index contributed by atoms with van der Waals surface area (Å²) in [6, 6.07) is 0. The first-order valence-electron chi connectivity index (χ1n) is 24.0. The van der Waals surface area contributed by atoms with Gasteiger partial charge in [0.05, 0.1) is 35.8 Å². The number of esters is 2. The number of hydrogen-bond donors (Lipinski definition) is 0. The van der Waals surface area contributed by atoms with Gasteiger partial charge >= 0.3 is 35.0 Å². The van der Waals surface area contributed by atoms with Crippen LogP contribution in [0.2, 0.25) is 0 Å². The molecular weight excluding hydrogens is 837 g/mol.